The van der Waals surface area contributed by atoms with Crippen molar-refractivity contribution in [3.8, 4) is 5.75 Å². The van der Waals surface area contributed by atoms with Crippen LogP contribution >= 0.6 is 11.6 Å². The molecule has 0 N–H and O–H groups in total. The molecular formula is C17H22ClF3N6O. The minimum atomic E-state index is -4.44. The molecule has 0 saturated carbocycles. The van der Waals surface area contributed by atoms with Crippen LogP contribution in [0.4, 0.5) is 24.9 Å². The topological polar surface area (TPSA) is 59.3 Å². The molecule has 28 heavy (non-hydrogen) atoms. The highest BCUT2D eigenvalue weighted by atomic mass is 35.5. The highest BCUT2D eigenvalue weighted by Gasteiger charge is 2.35. The molecule has 7 nitrogen and oxygen atoms in total. The summed E-state index contributed by atoms with van der Waals surface area (Å²) in [4.78, 5) is 15.8. The number of aromatic nitrogens is 4. The number of methoxy groups -OCH3 is 1. The molecule has 2 aromatic rings. The standard InChI is InChI=1S/C17H22ClF3N6O/c1-25(14-12(28-3)8-22-15(18)24-14)9-11-4-6-27(7-5-11)16-23-13(10-26(16)2)17(19,20)21/h8,10-11H,4-7,9H2,1-3H3. The summed E-state index contributed by atoms with van der Waals surface area (Å²) >= 11 is 5.90. The van der Waals surface area contributed by atoms with Gasteiger partial charge in [-0.25, -0.2) is 9.97 Å². The van der Waals surface area contributed by atoms with Gasteiger partial charge in [0.25, 0.3) is 0 Å². The zero-order valence-corrected chi connectivity index (χ0v) is 16.6. The largest absolute Gasteiger partial charge is 0.491 e. The van der Waals surface area contributed by atoms with Gasteiger partial charge in [-0.2, -0.15) is 18.2 Å². The van der Waals surface area contributed by atoms with E-state index in [0.717, 1.165) is 25.6 Å². The summed E-state index contributed by atoms with van der Waals surface area (Å²) in [6.45, 7) is 2.01. The number of nitrogens with zero attached hydrogens (tertiary/aromatic N) is 6. The number of rotatable bonds is 5. The summed E-state index contributed by atoms with van der Waals surface area (Å²) < 4.78 is 45.4. The SMILES string of the molecule is COc1cnc(Cl)nc1N(C)CC1CCN(c2nc(C(F)(F)F)cn2C)CC1. The molecule has 0 amide bonds. The highest BCUT2D eigenvalue weighted by Crippen LogP contribution is 2.32. The Morgan fingerprint density at radius 1 is 1.29 bits per heavy atom. The maximum atomic E-state index is 12.9. The van der Waals surface area contributed by atoms with Crippen molar-refractivity contribution >= 4 is 23.4 Å². The van der Waals surface area contributed by atoms with Crippen LogP contribution in [0, 0.1) is 5.92 Å². The molecule has 0 unspecified atom stereocenters. The molecule has 2 aromatic heterocycles. The minimum absolute atomic E-state index is 0.146. The van der Waals surface area contributed by atoms with E-state index < -0.39 is 11.9 Å². The van der Waals surface area contributed by atoms with Crippen molar-refractivity contribution in [2.75, 3.05) is 43.6 Å². The fourth-order valence-corrected chi connectivity index (χ4v) is 3.56. The van der Waals surface area contributed by atoms with Crippen molar-refractivity contribution < 1.29 is 17.9 Å². The molecule has 0 aliphatic carbocycles. The lowest BCUT2D eigenvalue weighted by molar-refractivity contribution is -0.140. The van der Waals surface area contributed by atoms with E-state index >= 15 is 0 Å². The third-order valence-corrected chi connectivity index (χ3v) is 5.04. The Labute approximate surface area is 166 Å². The molecule has 0 spiro atoms. The molecule has 1 aliphatic rings. The molecule has 1 fully saturated rings. The van der Waals surface area contributed by atoms with Gasteiger partial charge in [-0.05, 0) is 30.4 Å². The average Bonchev–Trinajstić information content (AvgIpc) is 3.04. The summed E-state index contributed by atoms with van der Waals surface area (Å²) in [5.74, 6) is 1.87. The molecular weight excluding hydrogens is 397 g/mol. The van der Waals surface area contributed by atoms with Gasteiger partial charge in [0.15, 0.2) is 17.3 Å². The van der Waals surface area contributed by atoms with Crippen LogP contribution in [0.2, 0.25) is 5.28 Å². The molecule has 0 aromatic carbocycles. The number of hydrogen-bond donors (Lipinski definition) is 0. The second-order valence-electron chi connectivity index (χ2n) is 6.88. The first-order chi connectivity index (χ1) is 13.2. The van der Waals surface area contributed by atoms with Gasteiger partial charge in [0.1, 0.15) is 0 Å². The summed E-state index contributed by atoms with van der Waals surface area (Å²) in [6.07, 6.45) is -0.211. The van der Waals surface area contributed by atoms with Crippen LogP contribution in [-0.4, -0.2) is 53.3 Å². The quantitative estimate of drug-likeness (QED) is 0.695. The van der Waals surface area contributed by atoms with E-state index in [1.807, 2.05) is 16.8 Å². The predicted octanol–water partition coefficient (Wildman–Crippen LogP) is 3.24. The number of ether oxygens (including phenoxy) is 1. The van der Waals surface area contributed by atoms with E-state index in [4.69, 9.17) is 16.3 Å². The van der Waals surface area contributed by atoms with Gasteiger partial charge in [-0.3, -0.25) is 0 Å². The zero-order chi connectivity index (χ0) is 20.5. The van der Waals surface area contributed by atoms with Gasteiger partial charge in [-0.1, -0.05) is 0 Å². The number of halogens is 4. The Morgan fingerprint density at radius 2 is 1.96 bits per heavy atom. The number of alkyl halides is 3. The highest BCUT2D eigenvalue weighted by molar-refractivity contribution is 6.28. The van der Waals surface area contributed by atoms with Crippen molar-refractivity contribution in [3.63, 3.8) is 0 Å². The van der Waals surface area contributed by atoms with Gasteiger partial charge in [0, 0.05) is 39.9 Å². The molecule has 1 saturated heterocycles. The summed E-state index contributed by atoms with van der Waals surface area (Å²) in [5.41, 5.74) is -0.861. The van der Waals surface area contributed by atoms with Gasteiger partial charge in [0.05, 0.1) is 13.3 Å². The summed E-state index contributed by atoms with van der Waals surface area (Å²) in [7, 11) is 5.04. The van der Waals surface area contributed by atoms with Crippen molar-refractivity contribution in [3.05, 3.63) is 23.4 Å². The second kappa shape index (κ2) is 8.02. The maximum Gasteiger partial charge on any atom is 0.434 e. The van der Waals surface area contributed by atoms with Gasteiger partial charge in [-0.15, -0.1) is 0 Å². The lowest BCUT2D eigenvalue weighted by Crippen LogP contribution is -2.39. The summed E-state index contributed by atoms with van der Waals surface area (Å²) in [6, 6.07) is 0. The normalized spacial score (nSPS) is 15.8. The third kappa shape index (κ3) is 4.43. The lowest BCUT2D eigenvalue weighted by atomic mass is 9.96. The Morgan fingerprint density at radius 3 is 2.54 bits per heavy atom. The Hall–Kier alpha value is -2.23. The predicted molar refractivity (Wildman–Crippen MR) is 100 cm³/mol. The number of aryl methyl sites for hydroxylation is 1. The van der Waals surface area contributed by atoms with E-state index in [1.54, 1.807) is 14.2 Å². The number of imidazole rings is 1. The van der Waals surface area contributed by atoms with E-state index in [1.165, 1.54) is 10.8 Å². The Bertz CT molecular complexity index is 820. The van der Waals surface area contributed by atoms with Gasteiger partial charge >= 0.3 is 6.18 Å². The van der Waals surface area contributed by atoms with Gasteiger partial charge < -0.3 is 19.1 Å². The van der Waals surface area contributed by atoms with Crippen LogP contribution in [0.1, 0.15) is 18.5 Å². The van der Waals surface area contributed by atoms with Crippen LogP contribution in [0.15, 0.2) is 12.4 Å². The first-order valence-electron chi connectivity index (χ1n) is 8.82. The van der Waals surface area contributed by atoms with Gasteiger partial charge in [0.2, 0.25) is 11.2 Å². The van der Waals surface area contributed by atoms with Crippen molar-refractivity contribution in [2.24, 2.45) is 13.0 Å². The molecule has 0 atom stereocenters. The lowest BCUT2D eigenvalue weighted by Gasteiger charge is -2.34. The molecule has 0 radical (unpaired) electrons. The van der Waals surface area contributed by atoms with Crippen molar-refractivity contribution in [2.45, 2.75) is 19.0 Å². The average molecular weight is 419 g/mol. The number of piperidine rings is 1. The Balaban J connectivity index is 1.62. The molecule has 3 heterocycles. The van der Waals surface area contributed by atoms with Crippen LogP contribution < -0.4 is 14.5 Å². The van der Waals surface area contributed by atoms with Crippen LogP contribution in [-0.2, 0) is 13.2 Å². The molecule has 1 aliphatic heterocycles. The summed E-state index contributed by atoms with van der Waals surface area (Å²) in [5, 5.41) is 0.146. The number of anilines is 2. The van der Waals surface area contributed by atoms with E-state index in [2.05, 4.69) is 15.0 Å². The third-order valence-electron chi connectivity index (χ3n) is 4.86. The zero-order valence-electron chi connectivity index (χ0n) is 15.9. The second-order valence-corrected chi connectivity index (χ2v) is 7.21. The van der Waals surface area contributed by atoms with Crippen LogP contribution in [0.3, 0.4) is 0 Å². The van der Waals surface area contributed by atoms with E-state index in [0.29, 0.717) is 36.5 Å². The minimum Gasteiger partial charge on any atom is -0.491 e. The fourth-order valence-electron chi connectivity index (χ4n) is 3.43. The Kier molecular flexibility index (Phi) is 5.87. The smallest absolute Gasteiger partial charge is 0.434 e. The fraction of sp³-hybridized carbons (Fsp3) is 0.588. The van der Waals surface area contributed by atoms with Crippen molar-refractivity contribution in [1.82, 2.24) is 19.5 Å². The molecule has 3 rings (SSSR count). The van der Waals surface area contributed by atoms with Crippen molar-refractivity contribution in [1.29, 1.82) is 0 Å². The van der Waals surface area contributed by atoms with E-state index in [-0.39, 0.29) is 5.28 Å². The van der Waals surface area contributed by atoms with E-state index in [9.17, 15) is 13.2 Å². The molecule has 11 heteroatoms. The first kappa shape index (κ1) is 20.5. The number of hydrogen-bond acceptors (Lipinski definition) is 6. The molecule has 154 valence electrons. The maximum absolute atomic E-state index is 12.9. The monoisotopic (exact) mass is 418 g/mol. The first-order valence-corrected chi connectivity index (χ1v) is 9.20. The molecule has 0 bridgehead atoms. The van der Waals surface area contributed by atoms with Crippen LogP contribution in [0.25, 0.3) is 0 Å². The van der Waals surface area contributed by atoms with Crippen LogP contribution in [0.5, 0.6) is 5.75 Å².